The number of carbonyl (C=O) groups excluding carboxylic acids is 1. The lowest BCUT2D eigenvalue weighted by molar-refractivity contribution is 0.105. The highest BCUT2D eigenvalue weighted by molar-refractivity contribution is 5.67. The zero-order valence-electron chi connectivity index (χ0n) is 6.81. The van der Waals surface area contributed by atoms with Gasteiger partial charge >= 0.3 is 6.09 Å². The SMILES string of the molecule is CCNC(=O)OC(C)CC. The summed E-state index contributed by atoms with van der Waals surface area (Å²) in [7, 11) is 0. The number of amides is 1. The molecule has 1 atom stereocenters. The Morgan fingerprint density at radius 1 is 1.60 bits per heavy atom. The van der Waals surface area contributed by atoms with Gasteiger partial charge in [-0.25, -0.2) is 4.79 Å². The highest BCUT2D eigenvalue weighted by Crippen LogP contribution is 1.94. The van der Waals surface area contributed by atoms with E-state index >= 15 is 0 Å². The summed E-state index contributed by atoms with van der Waals surface area (Å²) in [6, 6.07) is 0. The first-order valence-electron chi connectivity index (χ1n) is 3.65. The fourth-order valence-electron chi connectivity index (χ4n) is 0.452. The van der Waals surface area contributed by atoms with Crippen molar-refractivity contribution >= 4 is 6.09 Å². The number of carbonyl (C=O) groups is 1. The fourth-order valence-corrected chi connectivity index (χ4v) is 0.452. The van der Waals surface area contributed by atoms with Crippen molar-refractivity contribution in [1.82, 2.24) is 5.32 Å². The molecule has 0 aromatic carbocycles. The van der Waals surface area contributed by atoms with Crippen LogP contribution in [-0.2, 0) is 4.74 Å². The second-order valence-corrected chi connectivity index (χ2v) is 2.15. The standard InChI is InChI=1S/C7H15NO2/c1-4-6(3)10-7(9)8-5-2/h6H,4-5H2,1-3H3,(H,8,9). The Hall–Kier alpha value is -0.730. The van der Waals surface area contributed by atoms with Crippen molar-refractivity contribution < 1.29 is 9.53 Å². The summed E-state index contributed by atoms with van der Waals surface area (Å²) in [5.41, 5.74) is 0. The van der Waals surface area contributed by atoms with Crippen molar-refractivity contribution in [2.45, 2.75) is 33.3 Å². The summed E-state index contributed by atoms with van der Waals surface area (Å²) in [4.78, 5) is 10.7. The molecule has 1 unspecified atom stereocenters. The van der Waals surface area contributed by atoms with E-state index < -0.39 is 0 Å². The summed E-state index contributed by atoms with van der Waals surface area (Å²) >= 11 is 0. The van der Waals surface area contributed by atoms with Gasteiger partial charge in [0, 0.05) is 6.54 Å². The van der Waals surface area contributed by atoms with Gasteiger partial charge in [0.15, 0.2) is 0 Å². The van der Waals surface area contributed by atoms with Crippen molar-refractivity contribution in [3.63, 3.8) is 0 Å². The van der Waals surface area contributed by atoms with Crippen molar-refractivity contribution in [2.24, 2.45) is 0 Å². The largest absolute Gasteiger partial charge is 0.447 e. The minimum Gasteiger partial charge on any atom is -0.447 e. The number of nitrogens with one attached hydrogen (secondary N) is 1. The third-order valence-corrected chi connectivity index (χ3v) is 1.20. The van der Waals surface area contributed by atoms with E-state index in [-0.39, 0.29) is 12.2 Å². The predicted octanol–water partition coefficient (Wildman–Crippen LogP) is 1.53. The van der Waals surface area contributed by atoms with Crippen LogP contribution in [0.25, 0.3) is 0 Å². The molecule has 0 spiro atoms. The molecule has 3 nitrogen and oxygen atoms in total. The predicted molar refractivity (Wildman–Crippen MR) is 39.9 cm³/mol. The van der Waals surface area contributed by atoms with Crippen molar-refractivity contribution in [2.75, 3.05) is 6.54 Å². The average Bonchev–Trinajstić information content (AvgIpc) is 1.88. The molecule has 1 amide bonds. The minimum atomic E-state index is -0.322. The van der Waals surface area contributed by atoms with E-state index in [1.54, 1.807) is 0 Å². The molecule has 0 aromatic heterocycles. The Labute approximate surface area is 61.8 Å². The molecule has 0 aliphatic carbocycles. The Morgan fingerprint density at radius 2 is 2.20 bits per heavy atom. The van der Waals surface area contributed by atoms with Crippen LogP contribution in [0, 0.1) is 0 Å². The molecule has 0 rings (SSSR count). The van der Waals surface area contributed by atoms with Crippen LogP contribution in [0.3, 0.4) is 0 Å². The Morgan fingerprint density at radius 3 is 2.60 bits per heavy atom. The van der Waals surface area contributed by atoms with Gasteiger partial charge in [-0.15, -0.1) is 0 Å². The molecule has 3 heteroatoms. The van der Waals surface area contributed by atoms with E-state index in [4.69, 9.17) is 4.74 Å². The quantitative estimate of drug-likeness (QED) is 0.654. The third-order valence-electron chi connectivity index (χ3n) is 1.20. The van der Waals surface area contributed by atoms with Gasteiger partial charge in [0.25, 0.3) is 0 Å². The maximum absolute atomic E-state index is 10.7. The molecule has 0 saturated heterocycles. The van der Waals surface area contributed by atoms with E-state index in [0.29, 0.717) is 6.54 Å². The van der Waals surface area contributed by atoms with E-state index in [1.807, 2.05) is 20.8 Å². The molecule has 0 fully saturated rings. The summed E-state index contributed by atoms with van der Waals surface area (Å²) in [5, 5.41) is 2.55. The second-order valence-electron chi connectivity index (χ2n) is 2.15. The zero-order chi connectivity index (χ0) is 7.98. The van der Waals surface area contributed by atoms with Crippen LogP contribution in [0.2, 0.25) is 0 Å². The summed E-state index contributed by atoms with van der Waals surface area (Å²) in [5.74, 6) is 0. The highest BCUT2D eigenvalue weighted by Gasteiger charge is 2.03. The second kappa shape index (κ2) is 5.09. The molecule has 0 radical (unpaired) electrons. The first-order valence-corrected chi connectivity index (χ1v) is 3.65. The van der Waals surface area contributed by atoms with Crippen LogP contribution < -0.4 is 5.32 Å². The molecule has 0 aliphatic heterocycles. The Bertz CT molecular complexity index is 104. The minimum absolute atomic E-state index is 0.0200. The van der Waals surface area contributed by atoms with Crippen LogP contribution in [-0.4, -0.2) is 18.7 Å². The van der Waals surface area contributed by atoms with E-state index in [0.717, 1.165) is 6.42 Å². The molecule has 0 aliphatic rings. The van der Waals surface area contributed by atoms with E-state index in [1.165, 1.54) is 0 Å². The number of ether oxygens (including phenoxy) is 1. The van der Waals surface area contributed by atoms with Gasteiger partial charge in [0.05, 0.1) is 0 Å². The van der Waals surface area contributed by atoms with Gasteiger partial charge in [-0.2, -0.15) is 0 Å². The lowest BCUT2D eigenvalue weighted by Gasteiger charge is -2.10. The summed E-state index contributed by atoms with van der Waals surface area (Å²) in [6.07, 6.45) is 0.556. The molecule has 0 bridgehead atoms. The van der Waals surface area contributed by atoms with Crippen LogP contribution in [0.5, 0.6) is 0 Å². The summed E-state index contributed by atoms with van der Waals surface area (Å²) in [6.45, 7) is 6.33. The topological polar surface area (TPSA) is 38.3 Å². The fraction of sp³-hybridized carbons (Fsp3) is 0.857. The normalized spacial score (nSPS) is 12.3. The number of hydrogen-bond donors (Lipinski definition) is 1. The first kappa shape index (κ1) is 9.27. The van der Waals surface area contributed by atoms with Gasteiger partial charge in [-0.05, 0) is 20.3 Å². The van der Waals surface area contributed by atoms with Crippen LogP contribution in [0.4, 0.5) is 4.79 Å². The van der Waals surface area contributed by atoms with E-state index in [2.05, 4.69) is 5.32 Å². The number of rotatable bonds is 3. The summed E-state index contributed by atoms with van der Waals surface area (Å²) < 4.78 is 4.89. The van der Waals surface area contributed by atoms with Crippen molar-refractivity contribution in [3.05, 3.63) is 0 Å². The Kier molecular flexibility index (Phi) is 4.72. The molecule has 0 heterocycles. The van der Waals surface area contributed by atoms with Crippen molar-refractivity contribution in [1.29, 1.82) is 0 Å². The maximum atomic E-state index is 10.7. The van der Waals surface area contributed by atoms with Gasteiger partial charge in [-0.1, -0.05) is 6.92 Å². The molecule has 0 saturated carbocycles. The highest BCUT2D eigenvalue weighted by atomic mass is 16.6. The third kappa shape index (κ3) is 4.18. The first-order chi connectivity index (χ1) is 4.70. The smallest absolute Gasteiger partial charge is 0.407 e. The lowest BCUT2D eigenvalue weighted by Crippen LogP contribution is -2.27. The van der Waals surface area contributed by atoms with Gasteiger partial charge < -0.3 is 10.1 Å². The van der Waals surface area contributed by atoms with Crippen LogP contribution in [0.15, 0.2) is 0 Å². The molecular weight excluding hydrogens is 130 g/mol. The monoisotopic (exact) mass is 145 g/mol. The van der Waals surface area contributed by atoms with Crippen LogP contribution >= 0.6 is 0 Å². The zero-order valence-corrected chi connectivity index (χ0v) is 6.81. The number of hydrogen-bond acceptors (Lipinski definition) is 2. The maximum Gasteiger partial charge on any atom is 0.407 e. The molecule has 60 valence electrons. The van der Waals surface area contributed by atoms with Crippen molar-refractivity contribution in [3.8, 4) is 0 Å². The molecule has 1 N–H and O–H groups in total. The number of alkyl carbamates (subject to hydrolysis) is 1. The van der Waals surface area contributed by atoms with E-state index in [9.17, 15) is 4.79 Å². The molecule has 10 heavy (non-hydrogen) atoms. The van der Waals surface area contributed by atoms with Gasteiger partial charge in [0.2, 0.25) is 0 Å². The average molecular weight is 145 g/mol. The molecule has 0 aromatic rings. The molecular formula is C7H15NO2. The van der Waals surface area contributed by atoms with Crippen LogP contribution in [0.1, 0.15) is 27.2 Å². The van der Waals surface area contributed by atoms with Gasteiger partial charge in [0.1, 0.15) is 6.10 Å². The van der Waals surface area contributed by atoms with Gasteiger partial charge in [-0.3, -0.25) is 0 Å². The lowest BCUT2D eigenvalue weighted by atomic mass is 10.3. The Balaban J connectivity index is 3.37.